The van der Waals surface area contributed by atoms with Crippen molar-refractivity contribution in [3.63, 3.8) is 0 Å². The standard InChI is InChI=1S/C19H34O7/c1-10-7-12(8-19(3,4)13(10)6-5-11(2)21)25-18-17(24)16(23)15(22)14(9-20)26-18/h5-6,10-18,20-24H,7-9H2,1-4H3. The molecule has 0 radical (unpaired) electrons. The minimum absolute atomic E-state index is 0.0815. The van der Waals surface area contributed by atoms with Gasteiger partial charge in [-0.05, 0) is 37.0 Å². The van der Waals surface area contributed by atoms with Crippen molar-refractivity contribution in [1.82, 2.24) is 0 Å². The Kier molecular flexibility index (Phi) is 7.23. The molecule has 0 aromatic rings. The molecule has 7 nitrogen and oxygen atoms in total. The van der Waals surface area contributed by atoms with Gasteiger partial charge in [-0.15, -0.1) is 0 Å². The lowest BCUT2D eigenvalue weighted by atomic mass is 9.63. The molecule has 2 fully saturated rings. The molecular formula is C19H34O7. The highest BCUT2D eigenvalue weighted by Gasteiger charge is 2.47. The van der Waals surface area contributed by atoms with Gasteiger partial charge in [-0.1, -0.05) is 32.9 Å². The fourth-order valence-electron chi connectivity index (χ4n) is 4.34. The summed E-state index contributed by atoms with van der Waals surface area (Å²) in [5, 5.41) is 48.7. The van der Waals surface area contributed by atoms with Crippen LogP contribution in [-0.4, -0.2) is 75.1 Å². The summed E-state index contributed by atoms with van der Waals surface area (Å²) < 4.78 is 11.4. The van der Waals surface area contributed by atoms with Crippen LogP contribution in [0.25, 0.3) is 0 Å². The van der Waals surface area contributed by atoms with E-state index < -0.39 is 43.4 Å². The van der Waals surface area contributed by atoms with Crippen LogP contribution in [0.4, 0.5) is 0 Å². The van der Waals surface area contributed by atoms with Crippen LogP contribution in [0.3, 0.4) is 0 Å². The summed E-state index contributed by atoms with van der Waals surface area (Å²) >= 11 is 0. The summed E-state index contributed by atoms with van der Waals surface area (Å²) in [6, 6.07) is 0. The molecule has 1 aliphatic carbocycles. The van der Waals surface area contributed by atoms with Crippen molar-refractivity contribution < 1.29 is 35.0 Å². The fourth-order valence-corrected chi connectivity index (χ4v) is 4.34. The van der Waals surface area contributed by atoms with E-state index >= 15 is 0 Å². The number of rotatable bonds is 5. The highest BCUT2D eigenvalue weighted by atomic mass is 16.7. The molecule has 0 aromatic heterocycles. The third kappa shape index (κ3) is 4.84. The molecule has 0 amide bonds. The van der Waals surface area contributed by atoms with Gasteiger partial charge in [0.15, 0.2) is 6.29 Å². The van der Waals surface area contributed by atoms with Gasteiger partial charge in [0.25, 0.3) is 0 Å². The SMILES string of the molecule is CC(O)C=CC1C(C)CC(OC2OC(CO)C(O)C(O)C2O)CC1(C)C. The van der Waals surface area contributed by atoms with Crippen LogP contribution < -0.4 is 0 Å². The summed E-state index contributed by atoms with van der Waals surface area (Å²) in [5.74, 6) is 0.579. The summed E-state index contributed by atoms with van der Waals surface area (Å²) in [7, 11) is 0. The monoisotopic (exact) mass is 374 g/mol. The third-order valence-electron chi connectivity index (χ3n) is 5.68. The van der Waals surface area contributed by atoms with E-state index in [1.165, 1.54) is 0 Å². The molecule has 0 spiro atoms. The van der Waals surface area contributed by atoms with E-state index in [1.807, 2.05) is 6.08 Å². The van der Waals surface area contributed by atoms with Gasteiger partial charge >= 0.3 is 0 Å². The molecule has 152 valence electrons. The normalized spacial score (nSPS) is 45.0. The highest BCUT2D eigenvalue weighted by molar-refractivity contribution is 5.03. The Morgan fingerprint density at radius 1 is 1.19 bits per heavy atom. The summed E-state index contributed by atoms with van der Waals surface area (Å²) in [5.41, 5.74) is -0.0815. The molecule has 1 aliphatic heterocycles. The number of allylic oxidation sites excluding steroid dienone is 1. The Labute approximate surface area is 155 Å². The van der Waals surface area contributed by atoms with E-state index in [0.29, 0.717) is 5.92 Å². The molecule has 0 aromatic carbocycles. The largest absolute Gasteiger partial charge is 0.394 e. The van der Waals surface area contributed by atoms with Crippen LogP contribution in [0.2, 0.25) is 0 Å². The predicted octanol–water partition coefficient (Wildman–Crippen LogP) is 0.181. The maximum absolute atomic E-state index is 10.2. The number of ether oxygens (including phenoxy) is 2. The van der Waals surface area contributed by atoms with E-state index in [1.54, 1.807) is 6.92 Å². The molecule has 1 saturated heterocycles. The molecule has 0 bridgehead atoms. The molecule has 9 atom stereocenters. The summed E-state index contributed by atoms with van der Waals surface area (Å²) in [6.07, 6.45) is -1.57. The lowest BCUT2D eigenvalue weighted by molar-refractivity contribution is -0.316. The van der Waals surface area contributed by atoms with Crippen molar-refractivity contribution >= 4 is 0 Å². The lowest BCUT2D eigenvalue weighted by Gasteiger charge is -2.47. The molecule has 26 heavy (non-hydrogen) atoms. The Balaban J connectivity index is 2.05. The van der Waals surface area contributed by atoms with E-state index in [0.717, 1.165) is 12.8 Å². The molecule has 2 aliphatic rings. The van der Waals surface area contributed by atoms with Crippen LogP contribution in [0.5, 0.6) is 0 Å². The van der Waals surface area contributed by atoms with Crippen molar-refractivity contribution in [3.8, 4) is 0 Å². The minimum Gasteiger partial charge on any atom is -0.394 e. The molecular weight excluding hydrogens is 340 g/mol. The van der Waals surface area contributed by atoms with Crippen LogP contribution in [0, 0.1) is 17.3 Å². The maximum Gasteiger partial charge on any atom is 0.186 e. The first-order valence-electron chi connectivity index (χ1n) is 9.39. The van der Waals surface area contributed by atoms with Crippen molar-refractivity contribution in [2.75, 3.05) is 6.61 Å². The Hall–Kier alpha value is -0.540. The van der Waals surface area contributed by atoms with Gasteiger partial charge in [-0.3, -0.25) is 0 Å². The quantitative estimate of drug-likeness (QED) is 0.436. The zero-order valence-corrected chi connectivity index (χ0v) is 16.0. The predicted molar refractivity (Wildman–Crippen MR) is 95.1 cm³/mol. The molecule has 1 heterocycles. The number of aliphatic hydroxyl groups is 5. The second-order valence-electron chi connectivity index (χ2n) is 8.51. The zero-order chi connectivity index (χ0) is 19.6. The number of aliphatic hydroxyl groups excluding tert-OH is 5. The van der Waals surface area contributed by atoms with Gasteiger partial charge in [0, 0.05) is 0 Å². The average Bonchev–Trinajstić information content (AvgIpc) is 2.53. The van der Waals surface area contributed by atoms with Gasteiger partial charge < -0.3 is 35.0 Å². The van der Waals surface area contributed by atoms with E-state index in [4.69, 9.17) is 9.47 Å². The van der Waals surface area contributed by atoms with E-state index in [2.05, 4.69) is 26.8 Å². The molecule has 7 heteroatoms. The fraction of sp³-hybridized carbons (Fsp3) is 0.895. The number of hydrogen-bond acceptors (Lipinski definition) is 7. The topological polar surface area (TPSA) is 120 Å². The third-order valence-corrected chi connectivity index (χ3v) is 5.68. The molecule has 1 saturated carbocycles. The summed E-state index contributed by atoms with van der Waals surface area (Å²) in [4.78, 5) is 0. The second-order valence-corrected chi connectivity index (χ2v) is 8.51. The average molecular weight is 374 g/mol. The highest BCUT2D eigenvalue weighted by Crippen LogP contribution is 2.46. The van der Waals surface area contributed by atoms with E-state index in [9.17, 15) is 25.5 Å². The Morgan fingerprint density at radius 3 is 2.38 bits per heavy atom. The number of hydrogen-bond donors (Lipinski definition) is 5. The lowest BCUT2D eigenvalue weighted by Crippen LogP contribution is -2.60. The summed E-state index contributed by atoms with van der Waals surface area (Å²) in [6.45, 7) is 7.67. The maximum atomic E-state index is 10.2. The van der Waals surface area contributed by atoms with Crippen LogP contribution in [0.15, 0.2) is 12.2 Å². The van der Waals surface area contributed by atoms with Crippen molar-refractivity contribution in [3.05, 3.63) is 12.2 Å². The van der Waals surface area contributed by atoms with Crippen LogP contribution >= 0.6 is 0 Å². The smallest absolute Gasteiger partial charge is 0.186 e. The Morgan fingerprint density at radius 2 is 1.85 bits per heavy atom. The van der Waals surface area contributed by atoms with Crippen LogP contribution in [-0.2, 0) is 9.47 Å². The van der Waals surface area contributed by atoms with Gasteiger partial charge in [-0.25, -0.2) is 0 Å². The molecule has 9 unspecified atom stereocenters. The molecule has 5 N–H and O–H groups in total. The molecule has 2 rings (SSSR count). The zero-order valence-electron chi connectivity index (χ0n) is 16.0. The van der Waals surface area contributed by atoms with E-state index in [-0.39, 0.29) is 17.4 Å². The Bertz CT molecular complexity index is 477. The first-order chi connectivity index (χ1) is 12.1. The van der Waals surface area contributed by atoms with Crippen molar-refractivity contribution in [2.24, 2.45) is 17.3 Å². The minimum atomic E-state index is -1.43. The van der Waals surface area contributed by atoms with Gasteiger partial charge in [0.05, 0.1) is 18.8 Å². The van der Waals surface area contributed by atoms with Crippen LogP contribution in [0.1, 0.15) is 40.5 Å². The van der Waals surface area contributed by atoms with Gasteiger partial charge in [0.1, 0.15) is 24.4 Å². The van der Waals surface area contributed by atoms with Crippen molar-refractivity contribution in [1.29, 1.82) is 0 Å². The first-order valence-corrected chi connectivity index (χ1v) is 9.39. The van der Waals surface area contributed by atoms with Gasteiger partial charge in [-0.2, -0.15) is 0 Å². The van der Waals surface area contributed by atoms with Crippen molar-refractivity contribution in [2.45, 2.75) is 83.5 Å². The van der Waals surface area contributed by atoms with Gasteiger partial charge in [0.2, 0.25) is 0 Å². The second kappa shape index (κ2) is 8.65. The first kappa shape index (κ1) is 21.8.